The molecule has 0 aliphatic rings. The first kappa shape index (κ1) is 14.8. The normalized spacial score (nSPS) is 10.2. The predicted octanol–water partition coefficient (Wildman–Crippen LogP) is 2.61. The van der Waals surface area contributed by atoms with Crippen LogP contribution >= 0.6 is 0 Å². The lowest BCUT2D eigenvalue weighted by molar-refractivity contribution is -0.119. The van der Waals surface area contributed by atoms with Crippen molar-refractivity contribution in [2.24, 2.45) is 5.73 Å². The van der Waals surface area contributed by atoms with E-state index in [9.17, 15) is 9.18 Å². The van der Waals surface area contributed by atoms with Crippen LogP contribution in [0, 0.1) is 12.7 Å². The van der Waals surface area contributed by atoms with Gasteiger partial charge in [0, 0.05) is 18.3 Å². The number of carbonyl (C=O) groups is 1. The van der Waals surface area contributed by atoms with Crippen LogP contribution in [0.15, 0.2) is 42.5 Å². The highest BCUT2D eigenvalue weighted by molar-refractivity contribution is 5.75. The number of ether oxygens (including phenoxy) is 1. The van der Waals surface area contributed by atoms with E-state index in [-0.39, 0.29) is 12.4 Å². The molecule has 0 aliphatic carbocycles. The van der Waals surface area contributed by atoms with Gasteiger partial charge in [0.2, 0.25) is 0 Å². The van der Waals surface area contributed by atoms with Gasteiger partial charge in [-0.25, -0.2) is 4.39 Å². The SMILES string of the molecule is Cc1cc(F)ccc1CNc1cccc(OCC(N)=O)c1. The van der Waals surface area contributed by atoms with Crippen LogP contribution in [0.25, 0.3) is 0 Å². The molecule has 0 fully saturated rings. The maximum Gasteiger partial charge on any atom is 0.255 e. The van der Waals surface area contributed by atoms with Crippen LogP contribution < -0.4 is 15.8 Å². The predicted molar refractivity (Wildman–Crippen MR) is 79.6 cm³/mol. The van der Waals surface area contributed by atoms with Crippen LogP contribution in [0.1, 0.15) is 11.1 Å². The van der Waals surface area contributed by atoms with Crippen LogP contribution in [0.5, 0.6) is 5.75 Å². The fraction of sp³-hybridized carbons (Fsp3) is 0.188. The molecule has 0 heterocycles. The summed E-state index contributed by atoms with van der Waals surface area (Å²) in [5.41, 5.74) is 7.79. The van der Waals surface area contributed by atoms with Gasteiger partial charge in [-0.1, -0.05) is 12.1 Å². The van der Waals surface area contributed by atoms with E-state index in [4.69, 9.17) is 10.5 Å². The molecular weight excluding hydrogens is 271 g/mol. The molecule has 0 saturated heterocycles. The third kappa shape index (κ3) is 4.49. The highest BCUT2D eigenvalue weighted by Gasteiger charge is 2.02. The maximum absolute atomic E-state index is 13.0. The van der Waals surface area contributed by atoms with Gasteiger partial charge in [0.15, 0.2) is 6.61 Å². The van der Waals surface area contributed by atoms with Crippen molar-refractivity contribution in [3.8, 4) is 5.75 Å². The molecule has 1 amide bonds. The monoisotopic (exact) mass is 288 g/mol. The Bertz CT molecular complexity index is 644. The molecule has 110 valence electrons. The summed E-state index contributed by atoms with van der Waals surface area (Å²) < 4.78 is 18.3. The third-order valence-electron chi connectivity index (χ3n) is 3.00. The lowest BCUT2D eigenvalue weighted by atomic mass is 10.1. The second-order valence-electron chi connectivity index (χ2n) is 4.71. The molecule has 21 heavy (non-hydrogen) atoms. The van der Waals surface area contributed by atoms with E-state index in [2.05, 4.69) is 5.32 Å². The van der Waals surface area contributed by atoms with E-state index in [0.29, 0.717) is 12.3 Å². The summed E-state index contributed by atoms with van der Waals surface area (Å²) in [6, 6.07) is 11.9. The lowest BCUT2D eigenvalue weighted by Gasteiger charge is -2.11. The van der Waals surface area contributed by atoms with Gasteiger partial charge < -0.3 is 15.8 Å². The zero-order valence-electron chi connectivity index (χ0n) is 11.7. The molecule has 0 unspecified atom stereocenters. The lowest BCUT2D eigenvalue weighted by Crippen LogP contribution is -2.20. The number of nitrogens with two attached hydrogens (primary N) is 1. The molecule has 3 N–H and O–H groups in total. The number of amides is 1. The molecule has 0 spiro atoms. The van der Waals surface area contributed by atoms with Crippen molar-refractivity contribution in [2.75, 3.05) is 11.9 Å². The van der Waals surface area contributed by atoms with Gasteiger partial charge >= 0.3 is 0 Å². The van der Waals surface area contributed by atoms with E-state index in [0.717, 1.165) is 16.8 Å². The van der Waals surface area contributed by atoms with E-state index in [1.165, 1.54) is 12.1 Å². The zero-order chi connectivity index (χ0) is 15.2. The molecule has 2 aromatic rings. The number of aryl methyl sites for hydroxylation is 1. The molecule has 5 heteroatoms. The van der Waals surface area contributed by atoms with Crippen LogP contribution in [0.2, 0.25) is 0 Å². The van der Waals surface area contributed by atoms with E-state index < -0.39 is 5.91 Å². The van der Waals surface area contributed by atoms with Crippen molar-refractivity contribution < 1.29 is 13.9 Å². The third-order valence-corrected chi connectivity index (χ3v) is 3.00. The van der Waals surface area contributed by atoms with E-state index in [1.54, 1.807) is 18.2 Å². The number of rotatable bonds is 6. The van der Waals surface area contributed by atoms with E-state index >= 15 is 0 Å². The fourth-order valence-corrected chi connectivity index (χ4v) is 1.91. The molecular formula is C16H17FN2O2. The minimum Gasteiger partial charge on any atom is -0.484 e. The Morgan fingerprint density at radius 2 is 2.10 bits per heavy atom. The van der Waals surface area contributed by atoms with Gasteiger partial charge in [0.05, 0.1) is 0 Å². The fourth-order valence-electron chi connectivity index (χ4n) is 1.91. The maximum atomic E-state index is 13.0. The summed E-state index contributed by atoms with van der Waals surface area (Å²) in [6.45, 7) is 2.29. The van der Waals surface area contributed by atoms with Crippen molar-refractivity contribution in [1.82, 2.24) is 0 Å². The van der Waals surface area contributed by atoms with Gasteiger partial charge in [0.25, 0.3) is 5.91 Å². The number of anilines is 1. The Morgan fingerprint density at radius 1 is 1.29 bits per heavy atom. The number of carbonyl (C=O) groups excluding carboxylic acids is 1. The minimum atomic E-state index is -0.518. The number of benzene rings is 2. The van der Waals surface area contributed by atoms with Crippen LogP contribution in [-0.4, -0.2) is 12.5 Å². The average molecular weight is 288 g/mol. The molecule has 2 rings (SSSR count). The van der Waals surface area contributed by atoms with E-state index in [1.807, 2.05) is 19.1 Å². The number of hydrogen-bond donors (Lipinski definition) is 2. The van der Waals surface area contributed by atoms with Crippen molar-refractivity contribution in [1.29, 1.82) is 0 Å². The summed E-state index contributed by atoms with van der Waals surface area (Å²) in [6.07, 6.45) is 0. The molecule has 0 aliphatic heterocycles. The van der Waals surface area contributed by atoms with Gasteiger partial charge in [-0.2, -0.15) is 0 Å². The highest BCUT2D eigenvalue weighted by atomic mass is 19.1. The quantitative estimate of drug-likeness (QED) is 0.858. The second kappa shape index (κ2) is 6.74. The average Bonchev–Trinajstić information content (AvgIpc) is 2.45. The Labute approximate surface area is 122 Å². The molecule has 4 nitrogen and oxygen atoms in total. The van der Waals surface area contributed by atoms with Gasteiger partial charge in [-0.15, -0.1) is 0 Å². The first-order chi connectivity index (χ1) is 10.0. The Kier molecular flexibility index (Phi) is 4.77. The van der Waals surface area contributed by atoms with Crippen LogP contribution in [0.4, 0.5) is 10.1 Å². The van der Waals surface area contributed by atoms with Gasteiger partial charge in [-0.3, -0.25) is 4.79 Å². The summed E-state index contributed by atoms with van der Waals surface area (Å²) in [7, 11) is 0. The summed E-state index contributed by atoms with van der Waals surface area (Å²) in [5, 5.41) is 3.23. The largest absolute Gasteiger partial charge is 0.484 e. The number of halogens is 1. The number of hydrogen-bond acceptors (Lipinski definition) is 3. The molecule has 0 bridgehead atoms. The van der Waals surface area contributed by atoms with Crippen molar-refractivity contribution in [3.05, 3.63) is 59.4 Å². The topological polar surface area (TPSA) is 64.3 Å². The minimum absolute atomic E-state index is 0.152. The standard InChI is InChI=1S/C16H17FN2O2/c1-11-7-13(17)6-5-12(11)9-19-14-3-2-4-15(8-14)21-10-16(18)20/h2-8,19H,9-10H2,1H3,(H2,18,20). The summed E-state index contributed by atoms with van der Waals surface area (Å²) in [5.74, 6) is -0.192. The second-order valence-corrected chi connectivity index (χ2v) is 4.71. The van der Waals surface area contributed by atoms with Crippen LogP contribution in [-0.2, 0) is 11.3 Å². The van der Waals surface area contributed by atoms with Crippen molar-refractivity contribution >= 4 is 11.6 Å². The Balaban J connectivity index is 1.99. The molecule has 0 aromatic heterocycles. The highest BCUT2D eigenvalue weighted by Crippen LogP contribution is 2.19. The molecule has 0 atom stereocenters. The first-order valence-electron chi connectivity index (χ1n) is 6.54. The summed E-state index contributed by atoms with van der Waals surface area (Å²) in [4.78, 5) is 10.7. The molecule has 0 radical (unpaired) electrons. The van der Waals surface area contributed by atoms with Gasteiger partial charge in [-0.05, 0) is 42.3 Å². The molecule has 0 saturated carbocycles. The Hall–Kier alpha value is -2.56. The zero-order valence-corrected chi connectivity index (χ0v) is 11.7. The number of nitrogens with one attached hydrogen (secondary N) is 1. The van der Waals surface area contributed by atoms with Crippen molar-refractivity contribution in [2.45, 2.75) is 13.5 Å². The van der Waals surface area contributed by atoms with Gasteiger partial charge in [0.1, 0.15) is 11.6 Å². The molecule has 2 aromatic carbocycles. The summed E-state index contributed by atoms with van der Waals surface area (Å²) >= 11 is 0. The number of primary amides is 1. The Morgan fingerprint density at radius 3 is 2.81 bits per heavy atom. The van der Waals surface area contributed by atoms with Crippen LogP contribution in [0.3, 0.4) is 0 Å². The first-order valence-corrected chi connectivity index (χ1v) is 6.54. The smallest absolute Gasteiger partial charge is 0.255 e. The van der Waals surface area contributed by atoms with Crippen molar-refractivity contribution in [3.63, 3.8) is 0 Å².